The molecule has 0 amide bonds. The Kier molecular flexibility index (Phi) is 8.56. The van der Waals surface area contributed by atoms with Crippen LogP contribution in [-0.4, -0.2) is 41.4 Å². The van der Waals surface area contributed by atoms with Crippen LogP contribution in [0.3, 0.4) is 0 Å². The average Bonchev–Trinajstić information content (AvgIpc) is 3.47. The van der Waals surface area contributed by atoms with Crippen molar-refractivity contribution in [2.45, 2.75) is 32.4 Å². The van der Waals surface area contributed by atoms with Crippen molar-refractivity contribution in [2.75, 3.05) is 24.5 Å². The number of nitrogens with zero attached hydrogens (tertiary/aromatic N) is 4. The van der Waals surface area contributed by atoms with Crippen LogP contribution in [0.25, 0.3) is 5.69 Å². The topological polar surface area (TPSA) is 57.5 Å². The number of anilines is 1. The zero-order chi connectivity index (χ0) is 19.9. The lowest BCUT2D eigenvalue weighted by molar-refractivity contribution is 0.463. The number of nitrogens with one attached hydrogen (secondary N) is 2. The summed E-state index contributed by atoms with van der Waals surface area (Å²) in [5.41, 5.74) is 2.25. The molecule has 0 bridgehead atoms. The third kappa shape index (κ3) is 5.98. The maximum absolute atomic E-state index is 4.80. The van der Waals surface area contributed by atoms with Crippen molar-refractivity contribution in [3.63, 3.8) is 0 Å². The summed E-state index contributed by atoms with van der Waals surface area (Å²) in [4.78, 5) is 7.28. The van der Waals surface area contributed by atoms with E-state index in [0.29, 0.717) is 12.6 Å². The van der Waals surface area contributed by atoms with E-state index >= 15 is 0 Å². The van der Waals surface area contributed by atoms with Crippen molar-refractivity contribution in [2.24, 2.45) is 4.99 Å². The molecule has 0 aliphatic carbocycles. The van der Waals surface area contributed by atoms with Crippen LogP contribution in [0, 0.1) is 0 Å². The fourth-order valence-electron chi connectivity index (χ4n) is 3.55. The maximum atomic E-state index is 4.80. The molecule has 30 heavy (non-hydrogen) atoms. The highest BCUT2D eigenvalue weighted by atomic mass is 127. The second-order valence-electron chi connectivity index (χ2n) is 7.17. The Labute approximate surface area is 199 Å². The molecule has 1 aromatic carbocycles. The summed E-state index contributed by atoms with van der Waals surface area (Å²) < 4.78 is 1.86. The predicted octanol–water partition coefficient (Wildman–Crippen LogP) is 4.28. The number of piperidine rings is 1. The van der Waals surface area contributed by atoms with Gasteiger partial charge in [0.2, 0.25) is 0 Å². The molecule has 2 N–H and O–H groups in total. The van der Waals surface area contributed by atoms with E-state index in [4.69, 9.17) is 4.99 Å². The van der Waals surface area contributed by atoms with Crippen LogP contribution in [0.15, 0.2) is 65.2 Å². The van der Waals surface area contributed by atoms with Crippen molar-refractivity contribution in [3.8, 4) is 5.69 Å². The third-order valence-electron chi connectivity index (χ3n) is 5.12. The van der Waals surface area contributed by atoms with E-state index in [1.54, 1.807) is 6.20 Å². The second-order valence-corrected chi connectivity index (χ2v) is 8.10. The van der Waals surface area contributed by atoms with Crippen LogP contribution >= 0.6 is 35.3 Å². The number of hydrogen-bond acceptors (Lipinski definition) is 4. The first-order valence-corrected chi connectivity index (χ1v) is 11.1. The molecule has 0 spiro atoms. The van der Waals surface area contributed by atoms with Gasteiger partial charge in [0.1, 0.15) is 0 Å². The largest absolute Gasteiger partial charge is 0.363 e. The van der Waals surface area contributed by atoms with E-state index in [-0.39, 0.29) is 24.0 Å². The zero-order valence-corrected chi connectivity index (χ0v) is 20.3. The molecular weight excluding hydrogens is 507 g/mol. The van der Waals surface area contributed by atoms with Gasteiger partial charge in [-0.3, -0.25) is 0 Å². The molecular formula is C22H29IN6S. The van der Waals surface area contributed by atoms with Gasteiger partial charge in [-0.2, -0.15) is 5.10 Å². The van der Waals surface area contributed by atoms with Gasteiger partial charge in [0.25, 0.3) is 0 Å². The Hall–Kier alpha value is -2.07. The lowest BCUT2D eigenvalue weighted by Gasteiger charge is -2.33. The number of thiophene rings is 1. The molecule has 4 rings (SSSR count). The summed E-state index contributed by atoms with van der Waals surface area (Å²) in [5, 5.41) is 14.8. The number of aliphatic imine (C=N–C) groups is 1. The van der Waals surface area contributed by atoms with Crippen molar-refractivity contribution in [1.29, 1.82) is 0 Å². The lowest BCUT2D eigenvalue weighted by Crippen LogP contribution is -2.48. The molecule has 1 saturated heterocycles. The highest BCUT2D eigenvalue weighted by molar-refractivity contribution is 14.0. The first-order valence-electron chi connectivity index (χ1n) is 10.2. The molecule has 0 atom stereocenters. The van der Waals surface area contributed by atoms with Crippen LogP contribution in [0.4, 0.5) is 5.00 Å². The second kappa shape index (κ2) is 11.4. The van der Waals surface area contributed by atoms with E-state index in [1.165, 1.54) is 10.6 Å². The number of benzene rings is 1. The minimum absolute atomic E-state index is 0. The smallest absolute Gasteiger partial charge is 0.191 e. The van der Waals surface area contributed by atoms with Gasteiger partial charge in [0.15, 0.2) is 5.96 Å². The van der Waals surface area contributed by atoms with Crippen LogP contribution in [0.1, 0.15) is 25.3 Å². The van der Waals surface area contributed by atoms with Crippen LogP contribution in [-0.2, 0) is 6.54 Å². The molecule has 3 aromatic rings. The Morgan fingerprint density at radius 1 is 1.17 bits per heavy atom. The Bertz CT molecular complexity index is 884. The van der Waals surface area contributed by atoms with Crippen molar-refractivity contribution in [1.82, 2.24) is 20.4 Å². The average molecular weight is 536 g/mol. The van der Waals surface area contributed by atoms with Crippen molar-refractivity contribution >= 4 is 46.3 Å². The predicted molar refractivity (Wildman–Crippen MR) is 136 cm³/mol. The summed E-state index contributed by atoms with van der Waals surface area (Å²) in [7, 11) is 0. The van der Waals surface area contributed by atoms with Gasteiger partial charge in [-0.05, 0) is 61.0 Å². The Morgan fingerprint density at radius 2 is 1.97 bits per heavy atom. The Morgan fingerprint density at radius 3 is 2.60 bits per heavy atom. The molecule has 8 heteroatoms. The molecule has 160 valence electrons. The summed E-state index contributed by atoms with van der Waals surface area (Å²) in [5.74, 6) is 0.901. The maximum Gasteiger partial charge on any atom is 0.191 e. The molecule has 2 aromatic heterocycles. The van der Waals surface area contributed by atoms with Gasteiger partial charge in [0, 0.05) is 38.1 Å². The molecule has 0 unspecified atom stereocenters. The van der Waals surface area contributed by atoms with E-state index in [1.807, 2.05) is 28.3 Å². The fourth-order valence-corrected chi connectivity index (χ4v) is 4.34. The minimum atomic E-state index is 0. The van der Waals surface area contributed by atoms with E-state index in [9.17, 15) is 0 Å². The number of aromatic nitrogens is 2. The van der Waals surface area contributed by atoms with E-state index in [0.717, 1.165) is 44.1 Å². The summed E-state index contributed by atoms with van der Waals surface area (Å²) in [6.07, 6.45) is 5.99. The monoisotopic (exact) mass is 536 g/mol. The van der Waals surface area contributed by atoms with Crippen molar-refractivity contribution < 1.29 is 0 Å². The highest BCUT2D eigenvalue weighted by Gasteiger charge is 2.20. The van der Waals surface area contributed by atoms with Crippen LogP contribution < -0.4 is 15.5 Å². The molecule has 6 nitrogen and oxygen atoms in total. The van der Waals surface area contributed by atoms with Crippen LogP contribution in [0.2, 0.25) is 0 Å². The van der Waals surface area contributed by atoms with E-state index < -0.39 is 0 Å². The number of guanidine groups is 1. The quantitative estimate of drug-likeness (QED) is 0.281. The van der Waals surface area contributed by atoms with Crippen LogP contribution in [0.5, 0.6) is 0 Å². The molecule has 3 heterocycles. The number of halogens is 1. The van der Waals surface area contributed by atoms with Gasteiger partial charge in [-0.1, -0.05) is 12.1 Å². The molecule has 1 fully saturated rings. The summed E-state index contributed by atoms with van der Waals surface area (Å²) in [6, 6.07) is 15.1. The van der Waals surface area contributed by atoms with Gasteiger partial charge in [-0.25, -0.2) is 9.67 Å². The van der Waals surface area contributed by atoms with Gasteiger partial charge in [0.05, 0.1) is 17.2 Å². The fraction of sp³-hybridized carbons (Fsp3) is 0.364. The SMILES string of the molecule is CCNC(=NCc1ccc(-n2cccn2)cc1)NC1CCN(c2cccs2)CC1.I. The summed E-state index contributed by atoms with van der Waals surface area (Å²) >= 11 is 1.82. The molecule has 1 aliphatic rings. The van der Waals surface area contributed by atoms with E-state index in [2.05, 4.69) is 69.3 Å². The molecule has 1 aliphatic heterocycles. The first kappa shape index (κ1) is 22.6. The zero-order valence-electron chi connectivity index (χ0n) is 17.2. The minimum Gasteiger partial charge on any atom is -0.363 e. The Balaban J connectivity index is 0.00000256. The van der Waals surface area contributed by atoms with Crippen molar-refractivity contribution in [3.05, 3.63) is 65.8 Å². The lowest BCUT2D eigenvalue weighted by atomic mass is 10.1. The highest BCUT2D eigenvalue weighted by Crippen LogP contribution is 2.24. The van der Waals surface area contributed by atoms with Gasteiger partial charge in [-0.15, -0.1) is 35.3 Å². The molecule has 0 saturated carbocycles. The van der Waals surface area contributed by atoms with Gasteiger partial charge >= 0.3 is 0 Å². The third-order valence-corrected chi connectivity index (χ3v) is 6.05. The number of rotatable bonds is 6. The normalized spacial score (nSPS) is 15.0. The molecule has 0 radical (unpaired) electrons. The number of hydrogen-bond donors (Lipinski definition) is 2. The first-order chi connectivity index (χ1) is 14.3. The van der Waals surface area contributed by atoms with Gasteiger partial charge < -0.3 is 15.5 Å². The standard InChI is InChI=1S/C22H28N6S.HI/c1-2-23-22(26-19-10-14-27(15-11-19)21-5-3-16-29-21)24-17-18-6-8-20(9-7-18)28-13-4-12-25-28;/h3-9,12-13,16,19H,2,10-11,14-15,17H2,1H3,(H2,23,24,26);1H. The summed E-state index contributed by atoms with van der Waals surface area (Å²) in [6.45, 7) is 5.80.